The monoisotopic (exact) mass is 1570 g/mol. The lowest BCUT2D eigenvalue weighted by Gasteiger charge is -2.47. The van der Waals surface area contributed by atoms with Crippen LogP contribution in [0.25, 0.3) is 177 Å². The molecule has 1 aliphatic carbocycles. The first-order chi connectivity index (χ1) is 60.9. The average Bonchev–Trinajstić information content (AvgIpc) is 1.57. The van der Waals surface area contributed by atoms with Crippen LogP contribution in [0.15, 0.2) is 436 Å². The number of hydrogen-bond donors (Lipinski definition) is 0. The van der Waals surface area contributed by atoms with Gasteiger partial charge in [-0.15, -0.1) is 0 Å². The van der Waals surface area contributed by atoms with Crippen LogP contribution in [0.3, 0.4) is 0 Å². The van der Waals surface area contributed by atoms with E-state index in [0.29, 0.717) is 0 Å². The zero-order valence-electron chi connectivity index (χ0n) is 66.9. The van der Waals surface area contributed by atoms with E-state index in [1.807, 2.05) is 12.1 Å². The molecule has 0 radical (unpaired) electrons. The summed E-state index contributed by atoms with van der Waals surface area (Å²) in [5, 5.41) is 8.33. The van der Waals surface area contributed by atoms with E-state index in [-0.39, 0.29) is 4.48 Å². The van der Waals surface area contributed by atoms with Crippen LogP contribution in [-0.4, -0.2) is 13.8 Å². The smallest absolute Gasteiger partial charge is 0.262 e. The van der Waals surface area contributed by atoms with Crippen LogP contribution in [0.4, 0.5) is 34.1 Å². The Kier molecular flexibility index (Phi) is 15.0. The van der Waals surface area contributed by atoms with Crippen LogP contribution in [0, 0.1) is 0 Å². The lowest BCUT2D eigenvalue weighted by atomic mass is 9.33. The first kappa shape index (κ1) is 69.2. The summed E-state index contributed by atoms with van der Waals surface area (Å²) in [5.74, 6) is 0. The Labute approximate surface area is 709 Å². The Morgan fingerprint density at radius 2 is 0.659 bits per heavy atom. The second-order valence-corrected chi connectivity index (χ2v) is 33.4. The number of benzene rings is 19. The number of rotatable bonds is 11. The minimum Gasteiger partial charge on any atom is -0.456 e. The van der Waals surface area contributed by atoms with Gasteiger partial charge in [-0.2, -0.15) is 0 Å². The van der Waals surface area contributed by atoms with E-state index in [4.69, 9.17) is 17.7 Å². The van der Waals surface area contributed by atoms with Crippen molar-refractivity contribution in [2.45, 2.75) is 5.41 Å². The first-order valence-corrected chi connectivity index (χ1v) is 42.4. The van der Waals surface area contributed by atoms with Crippen molar-refractivity contribution in [2.24, 2.45) is 0 Å². The molecule has 6 heterocycles. The highest BCUT2D eigenvalue weighted by molar-refractivity contribution is 7.00. The maximum Gasteiger partial charge on any atom is 0.262 e. The maximum absolute atomic E-state index is 7.49. The maximum atomic E-state index is 7.49. The van der Waals surface area contributed by atoms with Crippen molar-refractivity contribution in [3.63, 3.8) is 0 Å². The average molecular weight is 1570 g/mol. The van der Waals surface area contributed by atoms with Crippen LogP contribution < -0.4 is 25.8 Å². The number of furan rings is 4. The number of para-hydroxylation sites is 6. The molecule has 6 nitrogen and oxygen atoms in total. The lowest BCUT2D eigenvalue weighted by molar-refractivity contribution is 0.633. The second-order valence-electron chi connectivity index (χ2n) is 33.4. The predicted octanol–water partition coefficient (Wildman–Crippen LogP) is 29.5. The molecular formula is C116H72BN2O4+. The summed E-state index contributed by atoms with van der Waals surface area (Å²) in [6.45, 7) is -0.444. The topological polar surface area (TPSA) is 55.8 Å². The molecule has 23 aromatic rings. The van der Waals surface area contributed by atoms with Crippen LogP contribution >= 0.6 is 0 Å². The molecule has 0 spiro atoms. The number of nitrogens with zero attached hydrogens (tertiary/aromatic N) is 2. The van der Waals surface area contributed by atoms with Crippen molar-refractivity contribution in [1.29, 1.82) is 0 Å². The fourth-order valence-corrected chi connectivity index (χ4v) is 21.7. The van der Waals surface area contributed by atoms with E-state index in [1.165, 1.54) is 33.4 Å². The molecule has 26 rings (SSSR count). The highest BCUT2D eigenvalue weighted by atomic mass is 16.3. The Morgan fingerprint density at radius 3 is 1.21 bits per heavy atom. The molecule has 1 atom stereocenters. The molecule has 0 amide bonds. The van der Waals surface area contributed by atoms with Crippen LogP contribution in [-0.2, 0) is 5.41 Å². The molecule has 0 bridgehead atoms. The molecule has 0 N–H and O–H groups in total. The highest BCUT2D eigenvalue weighted by Crippen LogP contribution is 2.61. The number of fused-ring (bicyclic) bond motifs is 19. The van der Waals surface area contributed by atoms with Gasteiger partial charge >= 0.3 is 0 Å². The van der Waals surface area contributed by atoms with Crippen molar-refractivity contribution >= 4 is 145 Å². The minimum absolute atomic E-state index is 0.217. The Balaban J connectivity index is 0.830. The lowest BCUT2D eigenvalue weighted by Crippen LogP contribution is -2.64. The van der Waals surface area contributed by atoms with Gasteiger partial charge in [0.2, 0.25) is 0 Å². The summed E-state index contributed by atoms with van der Waals surface area (Å²) in [6, 6.07) is 155. The van der Waals surface area contributed by atoms with Crippen LogP contribution in [0.5, 0.6) is 0 Å². The Morgan fingerprint density at radius 1 is 0.244 bits per heavy atom. The standard InChI is InChI=1S/C116H72BN2O4/c1-119(113-83(73-34-12-4-13-35-73)47-27-48-84(113)74-36-14-5-15-37-74)103-68-96-94-63-77(86-50-29-52-92-90-44-22-25-55-106(90)123-115(86)92)58-61-108(94)121-110(96)70-100(103)117-99-69-109-95(93-62-76(57-60-107(93)120-109)85-49-28-51-91-89-43-21-24-54-105(89)122-114(85)91)67-101(99)118(112-81(71-30-8-2-9-31-71)45-26-46-82(112)72-32-10-3-11-33-72)102-65-78(66-104(119)111(102)117)75-56-59-88-87-42-20-23-53-97(87)116(98(88)64-75,79-38-16-6-17-39-79)80-40-18-7-19-41-80/h2-70H,1H3/q+1. The molecule has 1 unspecified atom stereocenters. The summed E-state index contributed by atoms with van der Waals surface area (Å²) < 4.78 is 28.9. The zero-order chi connectivity index (χ0) is 80.8. The third-order valence-corrected chi connectivity index (χ3v) is 27.0. The number of quaternary nitrogens is 1. The predicted molar refractivity (Wildman–Crippen MR) is 510 cm³/mol. The minimum atomic E-state index is -0.695. The molecule has 2 aliphatic heterocycles. The van der Waals surface area contributed by atoms with Gasteiger partial charge in [0.1, 0.15) is 56.0 Å². The molecule has 572 valence electrons. The highest BCUT2D eigenvalue weighted by Gasteiger charge is 2.54. The van der Waals surface area contributed by atoms with Crippen molar-refractivity contribution in [2.75, 3.05) is 11.9 Å². The molecule has 123 heavy (non-hydrogen) atoms. The molecule has 0 saturated carbocycles. The first-order valence-electron chi connectivity index (χ1n) is 42.4. The van der Waals surface area contributed by atoms with Crippen molar-refractivity contribution in [3.05, 3.63) is 441 Å². The molecule has 7 heteroatoms. The van der Waals surface area contributed by atoms with Crippen LogP contribution in [0.1, 0.15) is 22.3 Å². The zero-order valence-corrected chi connectivity index (χ0v) is 66.9. The van der Waals surface area contributed by atoms with E-state index >= 15 is 0 Å². The molecule has 4 aromatic heterocycles. The summed E-state index contributed by atoms with van der Waals surface area (Å²) in [4.78, 5) is 2.68. The van der Waals surface area contributed by atoms with Crippen LogP contribution in [0.2, 0.25) is 0 Å². The number of hydrogen-bond acceptors (Lipinski definition) is 5. The van der Waals surface area contributed by atoms with Gasteiger partial charge in [-0.05, 0) is 168 Å². The van der Waals surface area contributed by atoms with E-state index in [9.17, 15) is 0 Å². The van der Waals surface area contributed by atoms with Gasteiger partial charge in [0.05, 0.1) is 18.2 Å². The normalized spacial score (nSPS) is 14.3. The van der Waals surface area contributed by atoms with Crippen molar-refractivity contribution < 1.29 is 17.7 Å². The van der Waals surface area contributed by atoms with Gasteiger partial charge in [0.25, 0.3) is 6.71 Å². The van der Waals surface area contributed by atoms with E-state index in [2.05, 4.69) is 418 Å². The molecule has 3 aliphatic rings. The van der Waals surface area contributed by atoms with Gasteiger partial charge in [-0.25, -0.2) is 4.48 Å². The van der Waals surface area contributed by atoms with E-state index in [1.54, 1.807) is 0 Å². The molecule has 19 aromatic carbocycles. The van der Waals surface area contributed by atoms with Gasteiger partial charge in [-0.3, -0.25) is 0 Å². The quantitative estimate of drug-likeness (QED) is 0.0954. The van der Waals surface area contributed by atoms with E-state index < -0.39 is 12.1 Å². The van der Waals surface area contributed by atoms with Gasteiger partial charge in [-0.1, -0.05) is 328 Å². The van der Waals surface area contributed by atoms with Gasteiger partial charge in [0, 0.05) is 105 Å². The summed E-state index contributed by atoms with van der Waals surface area (Å²) in [7, 11) is 2.50. The summed E-state index contributed by atoms with van der Waals surface area (Å²) >= 11 is 0. The molecule has 0 fully saturated rings. The number of anilines is 3. The summed E-state index contributed by atoms with van der Waals surface area (Å²) in [6.07, 6.45) is 0. The molecule has 0 saturated heterocycles. The molecular weight excluding hydrogens is 1500 g/mol. The third kappa shape index (κ3) is 10.1. The fourth-order valence-electron chi connectivity index (χ4n) is 21.7. The van der Waals surface area contributed by atoms with E-state index in [0.717, 1.165) is 216 Å². The SMILES string of the molecule is C[N+]1(c2c(-c3ccccc3)cccc2-c2ccccc2)c2cc3c(cc2B2c4cc5oc6ccc(-c7cccc8c7oc7ccccc78)cc6c5cc4N(c4c(-c5ccccc5)cccc4-c4ccccc4)c4cc(-c5ccc6c(c5)C(c5ccccc5)(c5ccccc5)c5ccccc5-6)cc1c42)oc1ccc(-c2cccc4c2oc2ccccc24)cc13. The fraction of sp³-hybridized carbons (Fsp3) is 0.0172. The Bertz CT molecular complexity index is 8180. The summed E-state index contributed by atoms with van der Waals surface area (Å²) in [5.41, 5.74) is 38.1. The van der Waals surface area contributed by atoms with Gasteiger partial charge < -0.3 is 22.6 Å². The van der Waals surface area contributed by atoms with Crippen molar-refractivity contribution in [3.8, 4) is 89.0 Å². The largest absolute Gasteiger partial charge is 0.456 e. The van der Waals surface area contributed by atoms with Gasteiger partial charge in [0.15, 0.2) is 5.69 Å². The second kappa shape index (κ2) is 26.6. The third-order valence-electron chi connectivity index (χ3n) is 27.0. The Hall–Kier alpha value is -15.8. The van der Waals surface area contributed by atoms with Crippen molar-refractivity contribution in [1.82, 2.24) is 4.48 Å².